The summed E-state index contributed by atoms with van der Waals surface area (Å²) in [7, 11) is 1.32. The zero-order valence-corrected chi connectivity index (χ0v) is 15.6. The molecule has 0 bridgehead atoms. The van der Waals surface area contributed by atoms with Crippen LogP contribution in [0, 0.1) is 13.8 Å². The summed E-state index contributed by atoms with van der Waals surface area (Å²) in [5.41, 5.74) is 5.16. The highest BCUT2D eigenvalue weighted by Crippen LogP contribution is 2.39. The van der Waals surface area contributed by atoms with E-state index in [1.807, 2.05) is 19.9 Å². The Morgan fingerprint density at radius 1 is 1.15 bits per heavy atom. The minimum atomic E-state index is -3.96. The number of aromatic nitrogens is 1. The molecule has 4 nitrogen and oxygen atoms in total. The topological polar surface area (TPSA) is 34.2 Å². The van der Waals surface area contributed by atoms with Crippen molar-refractivity contribution in [2.75, 3.05) is 7.11 Å². The number of hydrogen-bond donors (Lipinski definition) is 0. The summed E-state index contributed by atoms with van der Waals surface area (Å²) in [6.07, 6.45) is 3.33. The molecule has 2 aromatic rings. The zero-order valence-electron chi connectivity index (χ0n) is 15.6. The Hall–Kier alpha value is -2.96. The van der Waals surface area contributed by atoms with E-state index in [2.05, 4.69) is 0 Å². The highest BCUT2D eigenvalue weighted by Gasteiger charge is 2.52. The van der Waals surface area contributed by atoms with Crippen molar-refractivity contribution < 1.29 is 22.6 Å². The van der Waals surface area contributed by atoms with Crippen LogP contribution in [0.4, 0.5) is 8.63 Å². The van der Waals surface area contributed by atoms with Crippen LogP contribution in [0.25, 0.3) is 11.6 Å². The Morgan fingerprint density at radius 2 is 1.81 bits per heavy atom. The van der Waals surface area contributed by atoms with Gasteiger partial charge in [0.1, 0.15) is 6.21 Å². The first-order valence-corrected chi connectivity index (χ1v) is 8.71. The second-order valence-corrected chi connectivity index (χ2v) is 6.99. The van der Waals surface area contributed by atoms with Crippen LogP contribution in [-0.2, 0) is 4.74 Å². The van der Waals surface area contributed by atoms with Crippen molar-refractivity contribution in [1.29, 1.82) is 0 Å². The van der Waals surface area contributed by atoms with E-state index in [0.717, 1.165) is 31.2 Å². The SMILES string of the molecule is COC(=O)c1ccc(C2=C(C)C3=Cc4c(C)cc(C)n4[B-](F)(F)[N+]3=C2)cc1. The van der Waals surface area contributed by atoms with Gasteiger partial charge in [-0.2, -0.15) is 0 Å². The van der Waals surface area contributed by atoms with Gasteiger partial charge >= 0.3 is 12.9 Å². The number of ether oxygens (including phenoxy) is 1. The quantitative estimate of drug-likeness (QED) is 0.592. The second kappa shape index (κ2) is 5.77. The number of methoxy groups -OCH3 is 1. The lowest BCUT2D eigenvalue weighted by Crippen LogP contribution is -2.49. The van der Waals surface area contributed by atoms with Gasteiger partial charge in [-0.15, -0.1) is 0 Å². The molecule has 0 saturated heterocycles. The maximum atomic E-state index is 15.3. The molecule has 4 rings (SSSR count). The van der Waals surface area contributed by atoms with E-state index in [-0.39, 0.29) is 0 Å². The van der Waals surface area contributed by atoms with E-state index >= 15 is 8.63 Å². The van der Waals surface area contributed by atoms with Gasteiger partial charge in [0, 0.05) is 22.9 Å². The Labute approximate surface area is 156 Å². The molecule has 0 N–H and O–H groups in total. The van der Waals surface area contributed by atoms with Gasteiger partial charge < -0.3 is 22.3 Å². The number of esters is 1. The minimum Gasteiger partial charge on any atom is -0.465 e. The third kappa shape index (κ3) is 2.41. The van der Waals surface area contributed by atoms with E-state index in [4.69, 9.17) is 4.74 Å². The van der Waals surface area contributed by atoms with Gasteiger partial charge in [-0.05, 0) is 55.8 Å². The largest absolute Gasteiger partial charge is 0.737 e. The molecule has 7 heteroatoms. The standard InChI is InChI=1S/C20H19BF2N2O2/c1-12-9-13(2)25-18(12)10-19-14(3)17(11-24(19)21(25,22)23)15-5-7-16(8-6-15)20(26)27-4/h5-11H,1-4H3. The van der Waals surface area contributed by atoms with E-state index in [1.54, 1.807) is 37.3 Å². The van der Waals surface area contributed by atoms with Crippen molar-refractivity contribution in [3.05, 3.63) is 69.7 Å². The molecular formula is C20H19BF2N2O2. The average Bonchev–Trinajstić information content (AvgIpc) is 3.13. The van der Waals surface area contributed by atoms with Crippen molar-refractivity contribution in [2.24, 2.45) is 0 Å². The molecule has 2 aliphatic heterocycles. The van der Waals surface area contributed by atoms with Crippen LogP contribution in [0.3, 0.4) is 0 Å². The fourth-order valence-electron chi connectivity index (χ4n) is 3.96. The minimum absolute atomic E-state index is 0.422. The summed E-state index contributed by atoms with van der Waals surface area (Å²) >= 11 is 0. The number of aryl methyl sites for hydroxylation is 2. The first-order valence-electron chi connectivity index (χ1n) is 8.71. The van der Waals surface area contributed by atoms with E-state index < -0.39 is 12.9 Å². The van der Waals surface area contributed by atoms with Crippen LogP contribution in [0.15, 0.2) is 41.6 Å². The average molecular weight is 368 g/mol. The van der Waals surface area contributed by atoms with Crippen LogP contribution in [-0.4, -0.2) is 35.2 Å². The number of allylic oxidation sites excluding steroid dienone is 2. The van der Waals surface area contributed by atoms with Gasteiger partial charge in [0.15, 0.2) is 5.70 Å². The van der Waals surface area contributed by atoms with Gasteiger partial charge in [0.05, 0.1) is 12.7 Å². The lowest BCUT2D eigenvalue weighted by molar-refractivity contribution is -0.357. The first kappa shape index (κ1) is 17.5. The van der Waals surface area contributed by atoms with Gasteiger partial charge in [-0.1, -0.05) is 12.1 Å². The molecule has 0 spiro atoms. The number of carbonyl (C=O) groups excluding carboxylic acids is 1. The highest BCUT2D eigenvalue weighted by molar-refractivity contribution is 6.58. The zero-order chi connectivity index (χ0) is 19.5. The molecule has 0 fully saturated rings. The lowest BCUT2D eigenvalue weighted by atomic mass is 9.90. The molecule has 1 aromatic carbocycles. The number of hydrogen-bond acceptors (Lipinski definition) is 2. The third-order valence-corrected chi connectivity index (χ3v) is 5.34. The van der Waals surface area contributed by atoms with Crippen LogP contribution >= 0.6 is 0 Å². The summed E-state index contributed by atoms with van der Waals surface area (Å²) in [5.74, 6) is -0.428. The van der Waals surface area contributed by atoms with Crippen molar-refractivity contribution in [1.82, 2.24) is 4.48 Å². The maximum Gasteiger partial charge on any atom is 0.737 e. The predicted octanol–water partition coefficient (Wildman–Crippen LogP) is 4.04. The third-order valence-electron chi connectivity index (χ3n) is 5.34. The van der Waals surface area contributed by atoms with Gasteiger partial charge in [0.25, 0.3) is 0 Å². The molecule has 0 saturated carbocycles. The molecule has 2 aliphatic rings. The van der Waals surface area contributed by atoms with Crippen molar-refractivity contribution in [3.63, 3.8) is 0 Å². The molecule has 138 valence electrons. The van der Waals surface area contributed by atoms with E-state index in [1.165, 1.54) is 13.3 Å². The number of halogens is 2. The Balaban J connectivity index is 1.83. The number of fused-ring (bicyclic) bond motifs is 2. The molecule has 1 aromatic heterocycles. The Kier molecular flexibility index (Phi) is 3.73. The molecule has 0 aliphatic carbocycles. The smallest absolute Gasteiger partial charge is 0.465 e. The van der Waals surface area contributed by atoms with Crippen molar-refractivity contribution >= 4 is 30.8 Å². The molecule has 0 atom stereocenters. The van der Waals surface area contributed by atoms with Crippen LogP contribution in [0.2, 0.25) is 0 Å². The molecule has 0 amide bonds. The van der Waals surface area contributed by atoms with E-state index in [9.17, 15) is 4.79 Å². The Morgan fingerprint density at radius 3 is 2.44 bits per heavy atom. The number of rotatable bonds is 2. The summed E-state index contributed by atoms with van der Waals surface area (Å²) in [5, 5.41) is 0. The summed E-state index contributed by atoms with van der Waals surface area (Å²) < 4.78 is 37.5. The highest BCUT2D eigenvalue weighted by atomic mass is 19.2. The predicted molar refractivity (Wildman–Crippen MR) is 102 cm³/mol. The first-order chi connectivity index (χ1) is 12.8. The maximum absolute atomic E-state index is 15.3. The number of nitrogens with zero attached hydrogens (tertiary/aromatic N) is 2. The van der Waals surface area contributed by atoms with Crippen LogP contribution in [0.5, 0.6) is 0 Å². The summed E-state index contributed by atoms with van der Waals surface area (Å²) in [4.78, 5) is 11.6. The molecule has 0 unspecified atom stereocenters. The number of benzene rings is 1. The van der Waals surface area contributed by atoms with Crippen molar-refractivity contribution in [3.8, 4) is 0 Å². The molecule has 3 heterocycles. The number of carbonyl (C=O) groups is 1. The molecule has 0 radical (unpaired) electrons. The fourth-order valence-corrected chi connectivity index (χ4v) is 3.96. The van der Waals surface area contributed by atoms with Crippen LogP contribution < -0.4 is 0 Å². The van der Waals surface area contributed by atoms with Gasteiger partial charge in [-0.25, -0.2) is 4.79 Å². The van der Waals surface area contributed by atoms with E-state index in [0.29, 0.717) is 22.6 Å². The van der Waals surface area contributed by atoms with Crippen molar-refractivity contribution in [2.45, 2.75) is 20.8 Å². The second-order valence-electron chi connectivity index (χ2n) is 6.99. The monoisotopic (exact) mass is 368 g/mol. The van der Waals surface area contributed by atoms with Gasteiger partial charge in [0.2, 0.25) is 0 Å². The lowest BCUT2D eigenvalue weighted by Gasteiger charge is -2.29. The molecule has 27 heavy (non-hydrogen) atoms. The fraction of sp³-hybridized carbons (Fsp3) is 0.200. The van der Waals surface area contributed by atoms with Gasteiger partial charge in [-0.3, -0.25) is 0 Å². The Bertz CT molecular complexity index is 1080. The summed E-state index contributed by atoms with van der Waals surface area (Å²) in [6.45, 7) is 1.44. The van der Waals surface area contributed by atoms with Crippen LogP contribution in [0.1, 0.15) is 39.8 Å². The molecular weight excluding hydrogens is 349 g/mol. The summed E-state index contributed by atoms with van der Waals surface area (Å²) in [6, 6.07) is 8.57. The normalized spacial score (nSPS) is 17.3.